The molecule has 1 saturated heterocycles. The van der Waals surface area contributed by atoms with Gasteiger partial charge in [0.05, 0.1) is 13.2 Å². The number of rotatable bonds is 8. The monoisotopic (exact) mass is 321 g/mol. The predicted octanol–water partition coefficient (Wildman–Crippen LogP) is 3.48. The van der Waals surface area contributed by atoms with Crippen molar-refractivity contribution in [3.63, 3.8) is 0 Å². The van der Waals surface area contributed by atoms with Crippen molar-refractivity contribution in [1.82, 2.24) is 4.90 Å². The van der Waals surface area contributed by atoms with Crippen LogP contribution in [0.2, 0.25) is 0 Å². The van der Waals surface area contributed by atoms with Crippen LogP contribution in [-0.4, -0.2) is 41.8 Å². The van der Waals surface area contributed by atoms with Crippen LogP contribution in [0.3, 0.4) is 0 Å². The van der Waals surface area contributed by atoms with E-state index in [4.69, 9.17) is 9.47 Å². The van der Waals surface area contributed by atoms with E-state index in [1.54, 1.807) is 0 Å². The third-order valence-corrected chi connectivity index (χ3v) is 4.32. The average molecular weight is 321 g/mol. The van der Waals surface area contributed by atoms with Gasteiger partial charge in [0.25, 0.3) is 0 Å². The average Bonchev–Trinajstić information content (AvgIpc) is 3.00. The predicted molar refractivity (Wildman–Crippen MR) is 89.2 cm³/mol. The molecule has 1 aromatic rings. The van der Waals surface area contributed by atoms with E-state index in [1.165, 1.54) is 0 Å². The van der Waals surface area contributed by atoms with Gasteiger partial charge in [-0.3, -0.25) is 9.69 Å². The first-order chi connectivity index (χ1) is 11.1. The highest BCUT2D eigenvalue weighted by molar-refractivity contribution is 5.74. The van der Waals surface area contributed by atoms with Crippen LogP contribution in [0.25, 0.3) is 0 Å². The normalized spacial score (nSPS) is 19.5. The van der Waals surface area contributed by atoms with Crippen molar-refractivity contribution < 1.29 is 19.4 Å². The molecule has 23 heavy (non-hydrogen) atoms. The Morgan fingerprint density at radius 1 is 1.26 bits per heavy atom. The lowest BCUT2D eigenvalue weighted by atomic mass is 10.0. The van der Waals surface area contributed by atoms with Gasteiger partial charge < -0.3 is 14.6 Å². The molecule has 0 bridgehead atoms. The number of hydrogen-bond donors (Lipinski definition) is 1. The number of nitrogens with zero attached hydrogens (tertiary/aromatic N) is 1. The van der Waals surface area contributed by atoms with Gasteiger partial charge in [-0.1, -0.05) is 13.0 Å². The number of hydrogen-bond acceptors (Lipinski definition) is 4. The molecular formula is C18H27NO4. The molecule has 5 heteroatoms. The number of carboxylic acid groups (broad SMARTS) is 1. The van der Waals surface area contributed by atoms with E-state index in [1.807, 2.05) is 32.0 Å². The number of aliphatic carboxylic acids is 1. The molecular weight excluding hydrogens is 294 g/mol. The third kappa shape index (κ3) is 3.96. The van der Waals surface area contributed by atoms with E-state index in [2.05, 4.69) is 11.8 Å². The first kappa shape index (κ1) is 17.6. The summed E-state index contributed by atoms with van der Waals surface area (Å²) >= 11 is 0. The van der Waals surface area contributed by atoms with Crippen LogP contribution in [-0.2, 0) is 4.79 Å². The van der Waals surface area contributed by atoms with Gasteiger partial charge in [0.1, 0.15) is 6.04 Å². The summed E-state index contributed by atoms with van der Waals surface area (Å²) in [5, 5.41) is 9.44. The molecule has 1 N–H and O–H groups in total. The number of ether oxygens (including phenoxy) is 2. The molecule has 128 valence electrons. The van der Waals surface area contributed by atoms with Crippen LogP contribution in [0.1, 0.15) is 51.6 Å². The highest BCUT2D eigenvalue weighted by atomic mass is 16.5. The van der Waals surface area contributed by atoms with Crippen LogP contribution in [0.5, 0.6) is 11.5 Å². The smallest absolute Gasteiger partial charge is 0.320 e. The zero-order chi connectivity index (χ0) is 16.8. The van der Waals surface area contributed by atoms with Crippen molar-refractivity contribution >= 4 is 5.97 Å². The van der Waals surface area contributed by atoms with Gasteiger partial charge in [-0.15, -0.1) is 0 Å². The zero-order valence-electron chi connectivity index (χ0n) is 14.2. The lowest BCUT2D eigenvalue weighted by Crippen LogP contribution is -2.38. The first-order valence-corrected chi connectivity index (χ1v) is 8.50. The van der Waals surface area contributed by atoms with Crippen LogP contribution in [0.15, 0.2) is 18.2 Å². The van der Waals surface area contributed by atoms with Gasteiger partial charge >= 0.3 is 5.97 Å². The van der Waals surface area contributed by atoms with E-state index in [9.17, 15) is 9.90 Å². The van der Waals surface area contributed by atoms with Gasteiger partial charge in [-0.05, 0) is 57.4 Å². The zero-order valence-corrected chi connectivity index (χ0v) is 14.2. The molecule has 2 unspecified atom stereocenters. The van der Waals surface area contributed by atoms with Crippen molar-refractivity contribution in [3.05, 3.63) is 23.8 Å². The summed E-state index contributed by atoms with van der Waals surface area (Å²) in [6.07, 6.45) is 2.52. The summed E-state index contributed by atoms with van der Waals surface area (Å²) in [6, 6.07) is 5.66. The minimum absolute atomic E-state index is 0.0912. The Morgan fingerprint density at radius 3 is 2.57 bits per heavy atom. The minimum Gasteiger partial charge on any atom is -0.490 e. The molecule has 0 amide bonds. The van der Waals surface area contributed by atoms with Crippen LogP contribution < -0.4 is 9.47 Å². The van der Waals surface area contributed by atoms with Crippen molar-refractivity contribution in [2.75, 3.05) is 19.8 Å². The van der Waals surface area contributed by atoms with E-state index in [0.29, 0.717) is 13.2 Å². The minimum atomic E-state index is -0.725. The van der Waals surface area contributed by atoms with Crippen molar-refractivity contribution in [3.8, 4) is 11.5 Å². The van der Waals surface area contributed by atoms with Gasteiger partial charge in [0.2, 0.25) is 0 Å². The van der Waals surface area contributed by atoms with Crippen molar-refractivity contribution in [2.24, 2.45) is 0 Å². The lowest BCUT2D eigenvalue weighted by molar-refractivity contribution is -0.143. The molecule has 1 aromatic carbocycles. The second kappa shape index (κ2) is 8.20. The summed E-state index contributed by atoms with van der Waals surface area (Å²) in [6.45, 7) is 7.97. The highest BCUT2D eigenvalue weighted by Crippen LogP contribution is 2.36. The SMILES string of the molecule is CCOc1ccc(C(CC)N2CCCC2C(=O)O)cc1OCC. The van der Waals surface area contributed by atoms with Crippen LogP contribution in [0, 0.1) is 0 Å². The van der Waals surface area contributed by atoms with Crippen molar-refractivity contribution in [1.29, 1.82) is 0 Å². The summed E-state index contributed by atoms with van der Waals surface area (Å²) in [4.78, 5) is 13.6. The molecule has 0 aromatic heterocycles. The van der Waals surface area contributed by atoms with Gasteiger partial charge in [0.15, 0.2) is 11.5 Å². The fourth-order valence-electron chi connectivity index (χ4n) is 3.36. The first-order valence-electron chi connectivity index (χ1n) is 8.50. The third-order valence-electron chi connectivity index (χ3n) is 4.32. The molecule has 1 aliphatic rings. The quantitative estimate of drug-likeness (QED) is 0.794. The molecule has 5 nitrogen and oxygen atoms in total. The molecule has 0 radical (unpaired) electrons. The Morgan fingerprint density at radius 2 is 1.96 bits per heavy atom. The van der Waals surface area contributed by atoms with E-state index in [0.717, 1.165) is 42.9 Å². The van der Waals surface area contributed by atoms with Gasteiger partial charge in [-0.25, -0.2) is 0 Å². The Balaban J connectivity index is 2.30. The molecule has 0 spiro atoms. The Labute approximate surface area is 138 Å². The number of carboxylic acids is 1. The Bertz CT molecular complexity index is 532. The molecule has 1 heterocycles. The number of benzene rings is 1. The molecule has 2 rings (SSSR count). The summed E-state index contributed by atoms with van der Waals surface area (Å²) in [5.41, 5.74) is 1.09. The van der Waals surface area contributed by atoms with Gasteiger partial charge in [0, 0.05) is 6.04 Å². The highest BCUT2D eigenvalue weighted by Gasteiger charge is 2.35. The Hall–Kier alpha value is -1.75. The fraction of sp³-hybridized carbons (Fsp3) is 0.611. The number of likely N-dealkylation sites (tertiary alicyclic amines) is 1. The summed E-state index contributed by atoms with van der Waals surface area (Å²) < 4.78 is 11.3. The molecule has 0 aliphatic carbocycles. The molecule has 1 aliphatic heterocycles. The maximum atomic E-state index is 11.5. The molecule has 2 atom stereocenters. The number of carbonyl (C=O) groups is 1. The maximum Gasteiger partial charge on any atom is 0.320 e. The lowest BCUT2D eigenvalue weighted by Gasteiger charge is -2.31. The standard InChI is InChI=1S/C18H27NO4/c1-4-14(19-11-7-8-15(19)18(20)21)13-9-10-16(22-5-2)17(12-13)23-6-3/h9-10,12,14-15H,4-8,11H2,1-3H3,(H,20,21). The topological polar surface area (TPSA) is 59.0 Å². The van der Waals surface area contributed by atoms with Crippen molar-refractivity contribution in [2.45, 2.75) is 52.1 Å². The second-order valence-corrected chi connectivity index (χ2v) is 5.73. The largest absolute Gasteiger partial charge is 0.490 e. The van der Waals surface area contributed by atoms with Crippen LogP contribution >= 0.6 is 0 Å². The van der Waals surface area contributed by atoms with E-state index in [-0.39, 0.29) is 12.1 Å². The summed E-state index contributed by atoms with van der Waals surface area (Å²) in [7, 11) is 0. The molecule has 0 saturated carbocycles. The van der Waals surface area contributed by atoms with Crippen LogP contribution in [0.4, 0.5) is 0 Å². The van der Waals surface area contributed by atoms with E-state index < -0.39 is 5.97 Å². The fourth-order valence-corrected chi connectivity index (χ4v) is 3.36. The summed E-state index contributed by atoms with van der Waals surface area (Å²) in [5.74, 6) is 0.748. The molecule has 1 fully saturated rings. The second-order valence-electron chi connectivity index (χ2n) is 5.73. The Kier molecular flexibility index (Phi) is 6.28. The van der Waals surface area contributed by atoms with E-state index >= 15 is 0 Å². The maximum absolute atomic E-state index is 11.5. The van der Waals surface area contributed by atoms with Gasteiger partial charge in [-0.2, -0.15) is 0 Å².